The first-order chi connectivity index (χ1) is 8.65. The van der Waals surface area contributed by atoms with E-state index in [4.69, 9.17) is 0 Å². The average molecular weight is 266 g/mol. The van der Waals surface area contributed by atoms with Gasteiger partial charge in [0, 0.05) is 43.1 Å². The molecule has 0 bridgehead atoms. The Hall–Kier alpha value is -1.89. The van der Waals surface area contributed by atoms with Crippen LogP contribution < -0.4 is 10.4 Å². The zero-order chi connectivity index (χ0) is 13.0. The molecule has 0 saturated carbocycles. The fourth-order valence-corrected chi connectivity index (χ4v) is 2.25. The average Bonchev–Trinajstić information content (AvgIpc) is 2.86. The lowest BCUT2D eigenvalue weighted by Gasteiger charge is -2.04. The van der Waals surface area contributed by atoms with Crippen LogP contribution in [-0.2, 0) is 16.0 Å². The van der Waals surface area contributed by atoms with Crippen LogP contribution >= 0.6 is 11.3 Å². The molecule has 0 fully saturated rings. The van der Waals surface area contributed by atoms with Crippen molar-refractivity contribution >= 4 is 28.2 Å². The quantitative estimate of drug-likeness (QED) is 0.769. The summed E-state index contributed by atoms with van der Waals surface area (Å²) >= 11 is 1.55. The third-order valence-electron chi connectivity index (χ3n) is 2.40. The summed E-state index contributed by atoms with van der Waals surface area (Å²) in [6, 6.07) is 0. The summed E-state index contributed by atoms with van der Waals surface area (Å²) in [5.74, 6) is -1.49. The van der Waals surface area contributed by atoms with Crippen LogP contribution in [0.25, 0.3) is 4.96 Å². The fourth-order valence-electron chi connectivity index (χ4n) is 1.53. The monoisotopic (exact) mass is 266 g/mol. The van der Waals surface area contributed by atoms with E-state index in [-0.39, 0.29) is 18.7 Å². The van der Waals surface area contributed by atoms with Gasteiger partial charge in [-0.25, -0.2) is 4.98 Å². The molecule has 0 unspecified atom stereocenters. The van der Waals surface area contributed by atoms with Gasteiger partial charge in [0.2, 0.25) is 5.91 Å². The largest absolute Gasteiger partial charge is 0.550 e. The molecule has 2 heterocycles. The Morgan fingerprint density at radius 1 is 1.44 bits per heavy atom. The lowest BCUT2D eigenvalue weighted by Crippen LogP contribution is -2.29. The Morgan fingerprint density at radius 3 is 3.00 bits per heavy atom. The SMILES string of the molecule is O=C([O-])CCC(=O)NCCc1cn2ccsc2n1. The number of nitrogens with zero attached hydrogens (tertiary/aromatic N) is 2. The minimum Gasteiger partial charge on any atom is -0.550 e. The molecule has 0 aliphatic carbocycles. The Balaban J connectivity index is 1.73. The second kappa shape index (κ2) is 5.63. The highest BCUT2D eigenvalue weighted by molar-refractivity contribution is 7.15. The van der Waals surface area contributed by atoms with E-state index < -0.39 is 5.97 Å². The van der Waals surface area contributed by atoms with Crippen LogP contribution in [0.15, 0.2) is 17.8 Å². The van der Waals surface area contributed by atoms with Crippen molar-refractivity contribution in [1.82, 2.24) is 14.7 Å². The van der Waals surface area contributed by atoms with Crippen LogP contribution in [0.2, 0.25) is 0 Å². The number of thiazole rings is 1. The number of rotatable bonds is 6. The number of hydrogen-bond donors (Lipinski definition) is 1. The first kappa shape index (κ1) is 12.6. The molecule has 1 N–H and O–H groups in total. The summed E-state index contributed by atoms with van der Waals surface area (Å²) in [5, 5.41) is 14.8. The van der Waals surface area contributed by atoms with Gasteiger partial charge in [0.05, 0.1) is 5.69 Å². The number of carboxylic acid groups (broad SMARTS) is 1. The Bertz CT molecular complexity index is 532. The van der Waals surface area contributed by atoms with Gasteiger partial charge in [-0.2, -0.15) is 0 Å². The number of aliphatic carboxylic acids is 1. The number of amides is 1. The molecule has 0 spiro atoms. The molecule has 0 radical (unpaired) electrons. The zero-order valence-electron chi connectivity index (χ0n) is 9.59. The number of carbonyl (C=O) groups is 2. The minimum atomic E-state index is -1.21. The molecule has 0 atom stereocenters. The van der Waals surface area contributed by atoms with E-state index in [0.717, 1.165) is 10.7 Å². The summed E-state index contributed by atoms with van der Waals surface area (Å²) in [5.41, 5.74) is 0.905. The maximum atomic E-state index is 11.2. The van der Waals surface area contributed by atoms with Gasteiger partial charge in [-0.15, -0.1) is 11.3 Å². The second-order valence-electron chi connectivity index (χ2n) is 3.80. The van der Waals surface area contributed by atoms with Crippen molar-refractivity contribution < 1.29 is 14.7 Å². The molecule has 2 rings (SSSR count). The van der Waals surface area contributed by atoms with Crippen molar-refractivity contribution in [2.45, 2.75) is 19.3 Å². The molecule has 7 heteroatoms. The first-order valence-corrected chi connectivity index (χ1v) is 6.41. The van der Waals surface area contributed by atoms with Crippen molar-refractivity contribution in [3.05, 3.63) is 23.5 Å². The van der Waals surface area contributed by atoms with E-state index >= 15 is 0 Å². The van der Waals surface area contributed by atoms with Crippen molar-refractivity contribution in [2.75, 3.05) is 6.54 Å². The number of fused-ring (bicyclic) bond motifs is 1. The third kappa shape index (κ3) is 3.30. The highest BCUT2D eigenvalue weighted by atomic mass is 32.1. The predicted octanol–water partition coefficient (Wildman–Crippen LogP) is -0.415. The van der Waals surface area contributed by atoms with Gasteiger partial charge in [0.15, 0.2) is 4.96 Å². The van der Waals surface area contributed by atoms with Crippen LogP contribution in [-0.4, -0.2) is 27.8 Å². The van der Waals surface area contributed by atoms with Gasteiger partial charge in [0.1, 0.15) is 0 Å². The smallest absolute Gasteiger partial charge is 0.220 e. The molecule has 1 amide bonds. The fraction of sp³-hybridized carbons (Fsp3) is 0.364. The normalized spacial score (nSPS) is 10.7. The van der Waals surface area contributed by atoms with Crippen LogP contribution in [0.4, 0.5) is 0 Å². The third-order valence-corrected chi connectivity index (χ3v) is 3.17. The van der Waals surface area contributed by atoms with Crippen LogP contribution in [0.5, 0.6) is 0 Å². The molecular weight excluding hydrogens is 254 g/mol. The molecule has 2 aromatic rings. The van der Waals surface area contributed by atoms with Crippen molar-refractivity contribution in [1.29, 1.82) is 0 Å². The highest BCUT2D eigenvalue weighted by Gasteiger charge is 2.04. The van der Waals surface area contributed by atoms with E-state index in [9.17, 15) is 14.7 Å². The van der Waals surface area contributed by atoms with Gasteiger partial charge in [-0.05, 0) is 6.42 Å². The predicted molar refractivity (Wildman–Crippen MR) is 64.0 cm³/mol. The molecule has 0 saturated heterocycles. The number of hydrogen-bond acceptors (Lipinski definition) is 5. The summed E-state index contributed by atoms with van der Waals surface area (Å²) in [6.07, 6.45) is 4.19. The van der Waals surface area contributed by atoms with Crippen molar-refractivity contribution in [2.24, 2.45) is 0 Å². The van der Waals surface area contributed by atoms with Gasteiger partial charge in [-0.3, -0.25) is 9.20 Å². The molecule has 0 aliphatic rings. The molecular formula is C11H12N3O3S-. The molecule has 2 aromatic heterocycles. The van der Waals surface area contributed by atoms with E-state index in [1.807, 2.05) is 22.2 Å². The highest BCUT2D eigenvalue weighted by Crippen LogP contribution is 2.11. The van der Waals surface area contributed by atoms with Gasteiger partial charge < -0.3 is 15.2 Å². The number of carboxylic acids is 1. The lowest BCUT2D eigenvalue weighted by atomic mass is 10.3. The molecule has 6 nitrogen and oxygen atoms in total. The summed E-state index contributed by atoms with van der Waals surface area (Å²) in [4.78, 5) is 26.7. The first-order valence-electron chi connectivity index (χ1n) is 5.53. The minimum absolute atomic E-state index is 0.0411. The molecule has 0 aliphatic heterocycles. The summed E-state index contributed by atoms with van der Waals surface area (Å²) in [6.45, 7) is 0.455. The summed E-state index contributed by atoms with van der Waals surface area (Å²) < 4.78 is 1.93. The van der Waals surface area contributed by atoms with Crippen LogP contribution in [0.3, 0.4) is 0 Å². The van der Waals surface area contributed by atoms with Crippen LogP contribution in [0.1, 0.15) is 18.5 Å². The Morgan fingerprint density at radius 2 is 2.28 bits per heavy atom. The van der Waals surface area contributed by atoms with E-state index in [1.54, 1.807) is 11.3 Å². The maximum absolute atomic E-state index is 11.2. The lowest BCUT2D eigenvalue weighted by molar-refractivity contribution is -0.305. The number of carbonyl (C=O) groups excluding carboxylic acids is 2. The van der Waals surface area contributed by atoms with E-state index in [1.165, 1.54) is 0 Å². The molecule has 18 heavy (non-hydrogen) atoms. The number of aromatic nitrogens is 2. The standard InChI is InChI=1S/C11H13N3O3S/c15-9(1-2-10(16)17)12-4-3-8-7-14-5-6-18-11(14)13-8/h5-7H,1-4H2,(H,12,15)(H,16,17)/p-1. The molecule has 96 valence electrons. The summed E-state index contributed by atoms with van der Waals surface area (Å²) in [7, 11) is 0. The van der Waals surface area contributed by atoms with Crippen molar-refractivity contribution in [3.63, 3.8) is 0 Å². The van der Waals surface area contributed by atoms with Crippen LogP contribution in [0, 0.1) is 0 Å². The topological polar surface area (TPSA) is 86.5 Å². The zero-order valence-corrected chi connectivity index (χ0v) is 10.4. The number of imidazole rings is 1. The van der Waals surface area contributed by atoms with E-state index in [0.29, 0.717) is 13.0 Å². The van der Waals surface area contributed by atoms with Gasteiger partial charge in [-0.1, -0.05) is 0 Å². The van der Waals surface area contributed by atoms with Crippen molar-refractivity contribution in [3.8, 4) is 0 Å². The number of nitrogens with one attached hydrogen (secondary N) is 1. The maximum Gasteiger partial charge on any atom is 0.220 e. The van der Waals surface area contributed by atoms with E-state index in [2.05, 4.69) is 10.3 Å². The Labute approximate surface area is 107 Å². The molecule has 0 aromatic carbocycles. The van der Waals surface area contributed by atoms with Gasteiger partial charge >= 0.3 is 0 Å². The Kier molecular flexibility index (Phi) is 3.93. The second-order valence-corrected chi connectivity index (χ2v) is 4.67. The van der Waals surface area contributed by atoms with Gasteiger partial charge in [0.25, 0.3) is 0 Å².